The molecule has 0 aliphatic carbocycles. The monoisotopic (exact) mass is 286 g/mol. The first-order valence-corrected chi connectivity index (χ1v) is 5.73. The highest BCUT2D eigenvalue weighted by Crippen LogP contribution is 2.09. The number of aromatic amines is 3. The minimum atomic E-state index is -0.484. The minimum Gasteiger partial charge on any atom is -0.383 e. The summed E-state index contributed by atoms with van der Waals surface area (Å²) >= 11 is 0. The highest BCUT2D eigenvalue weighted by atomic mass is 16.1. The second-order valence-corrected chi connectivity index (χ2v) is 3.92. The van der Waals surface area contributed by atoms with Gasteiger partial charge in [-0.1, -0.05) is 0 Å². The Labute approximate surface area is 115 Å². The lowest BCUT2D eigenvalue weighted by Gasteiger charge is -1.90. The maximum absolute atomic E-state index is 10.7. The molecule has 106 valence electrons. The maximum atomic E-state index is 10.7. The summed E-state index contributed by atoms with van der Waals surface area (Å²) in [4.78, 5) is 37.5. The van der Waals surface area contributed by atoms with Crippen molar-refractivity contribution in [3.8, 4) is 0 Å². The van der Waals surface area contributed by atoms with Gasteiger partial charge in [0, 0.05) is 0 Å². The number of nitrogen functional groups attached to an aromatic ring is 2. The van der Waals surface area contributed by atoms with E-state index in [4.69, 9.17) is 11.5 Å². The van der Waals surface area contributed by atoms with E-state index in [0.29, 0.717) is 28.1 Å². The normalized spacial score (nSPS) is 10.5. The molecule has 11 heteroatoms. The Balaban J connectivity index is 0.000000126. The van der Waals surface area contributed by atoms with Gasteiger partial charge in [-0.05, 0) is 0 Å². The molecule has 0 aliphatic heterocycles. The van der Waals surface area contributed by atoms with Crippen molar-refractivity contribution >= 4 is 34.0 Å². The number of fused-ring (bicyclic) bond motifs is 2. The van der Waals surface area contributed by atoms with E-state index in [1.807, 2.05) is 0 Å². The summed E-state index contributed by atoms with van der Waals surface area (Å²) < 4.78 is 0. The molecule has 4 heterocycles. The van der Waals surface area contributed by atoms with Crippen molar-refractivity contribution in [2.45, 2.75) is 0 Å². The van der Waals surface area contributed by atoms with Crippen LogP contribution in [0.25, 0.3) is 22.3 Å². The van der Waals surface area contributed by atoms with Gasteiger partial charge in [-0.15, -0.1) is 0 Å². The third kappa shape index (κ3) is 2.34. The average Bonchev–Trinajstić information content (AvgIpc) is 3.08. The van der Waals surface area contributed by atoms with Gasteiger partial charge < -0.3 is 21.4 Å². The first-order chi connectivity index (χ1) is 10.1. The molecule has 0 bridgehead atoms. The highest BCUT2D eigenvalue weighted by Gasteiger charge is 2.01. The minimum absolute atomic E-state index is 0.262. The highest BCUT2D eigenvalue weighted by molar-refractivity contribution is 5.80. The van der Waals surface area contributed by atoms with Gasteiger partial charge >= 0.3 is 5.69 Å². The number of rotatable bonds is 0. The van der Waals surface area contributed by atoms with E-state index in [2.05, 4.69) is 39.9 Å². The van der Waals surface area contributed by atoms with Crippen LogP contribution in [-0.4, -0.2) is 39.9 Å². The number of H-pyrrole nitrogens is 3. The van der Waals surface area contributed by atoms with Crippen LogP contribution in [0.15, 0.2) is 23.8 Å². The molecule has 7 N–H and O–H groups in total. The van der Waals surface area contributed by atoms with Crippen molar-refractivity contribution in [1.82, 2.24) is 39.9 Å². The summed E-state index contributed by atoms with van der Waals surface area (Å²) in [5.74, 6) is 0.694. The molecule has 21 heavy (non-hydrogen) atoms. The van der Waals surface area contributed by atoms with Crippen molar-refractivity contribution in [2.75, 3.05) is 11.5 Å². The van der Waals surface area contributed by atoms with Crippen LogP contribution in [0.1, 0.15) is 0 Å². The molecule has 0 radical (unpaired) electrons. The molecule has 0 aliphatic rings. The predicted octanol–water partition coefficient (Wildman–Crippen LogP) is -0.836. The van der Waals surface area contributed by atoms with Crippen LogP contribution in [-0.2, 0) is 0 Å². The molecule has 0 atom stereocenters. The summed E-state index contributed by atoms with van der Waals surface area (Å²) in [5, 5.41) is 0. The second-order valence-electron chi connectivity index (χ2n) is 3.92. The second kappa shape index (κ2) is 4.88. The van der Waals surface area contributed by atoms with E-state index in [-0.39, 0.29) is 5.82 Å². The number of imidazole rings is 2. The van der Waals surface area contributed by atoms with E-state index in [0.717, 1.165) is 0 Å². The molecule has 4 rings (SSSR count). The molecule has 0 aromatic carbocycles. The Kier molecular flexibility index (Phi) is 2.91. The zero-order chi connectivity index (χ0) is 14.8. The van der Waals surface area contributed by atoms with Gasteiger partial charge in [0.05, 0.1) is 12.7 Å². The molecular formula is C10H10N10O. The summed E-state index contributed by atoms with van der Waals surface area (Å²) in [6, 6.07) is 0. The molecule has 0 saturated heterocycles. The Morgan fingerprint density at radius 2 is 1.62 bits per heavy atom. The number of nitrogens with two attached hydrogens (primary N) is 2. The van der Waals surface area contributed by atoms with E-state index in [1.165, 1.54) is 19.0 Å². The molecule has 0 spiro atoms. The summed E-state index contributed by atoms with van der Waals surface area (Å²) in [7, 11) is 0. The average molecular weight is 286 g/mol. The van der Waals surface area contributed by atoms with Crippen molar-refractivity contribution in [3.63, 3.8) is 0 Å². The number of aromatic nitrogens is 8. The lowest BCUT2D eigenvalue weighted by molar-refractivity contribution is 1.11. The fourth-order valence-electron chi connectivity index (χ4n) is 1.66. The first kappa shape index (κ1) is 12.5. The summed E-state index contributed by atoms with van der Waals surface area (Å²) in [6.45, 7) is 0. The fourth-order valence-corrected chi connectivity index (χ4v) is 1.66. The van der Waals surface area contributed by atoms with Gasteiger partial charge in [-0.2, -0.15) is 4.98 Å². The smallest absolute Gasteiger partial charge is 0.348 e. The third-order valence-corrected chi connectivity index (χ3v) is 2.59. The SMILES string of the molecule is Nc1[nH]c(=O)nc2nc[nH]c12.Nc1ncnc2nc[nH]c12. The van der Waals surface area contributed by atoms with Crippen LogP contribution in [0, 0.1) is 0 Å². The van der Waals surface area contributed by atoms with Crippen LogP contribution >= 0.6 is 0 Å². The number of hydrogen-bond donors (Lipinski definition) is 5. The first-order valence-electron chi connectivity index (χ1n) is 5.73. The fraction of sp³-hybridized carbons (Fsp3) is 0. The maximum Gasteiger partial charge on any atom is 0.348 e. The van der Waals surface area contributed by atoms with Crippen molar-refractivity contribution in [3.05, 3.63) is 29.5 Å². The molecule has 11 nitrogen and oxygen atoms in total. The van der Waals surface area contributed by atoms with Gasteiger partial charge in [0.15, 0.2) is 17.1 Å². The Morgan fingerprint density at radius 3 is 2.38 bits per heavy atom. The lowest BCUT2D eigenvalue weighted by atomic mass is 10.5. The summed E-state index contributed by atoms with van der Waals surface area (Å²) in [5.41, 5.74) is 12.6. The van der Waals surface area contributed by atoms with Gasteiger partial charge in [0.2, 0.25) is 0 Å². The Hall–Kier alpha value is -3.50. The van der Waals surface area contributed by atoms with E-state index in [1.54, 1.807) is 0 Å². The standard InChI is InChI=1S/C5H5N5O.C5H5N5/c6-3-2-4(8-1-7-2)10-5(11)9-3;6-4-3-5(9-1-7-3)10-2-8-4/h1H,(H4,6,7,8,9,10,11);1-2H,(H3,6,7,8,9,10). The molecule has 0 amide bonds. The van der Waals surface area contributed by atoms with Crippen LogP contribution < -0.4 is 17.2 Å². The number of hydrogen-bond acceptors (Lipinski definition) is 8. The van der Waals surface area contributed by atoms with E-state index >= 15 is 0 Å². The van der Waals surface area contributed by atoms with Crippen LogP contribution in [0.4, 0.5) is 11.6 Å². The van der Waals surface area contributed by atoms with Gasteiger partial charge in [0.25, 0.3) is 0 Å². The zero-order valence-corrected chi connectivity index (χ0v) is 10.5. The Bertz CT molecular complexity index is 951. The predicted molar refractivity (Wildman–Crippen MR) is 75.0 cm³/mol. The number of anilines is 2. The molecule has 4 aromatic heterocycles. The molecule has 0 unspecified atom stereocenters. The molecule has 0 fully saturated rings. The van der Waals surface area contributed by atoms with Crippen LogP contribution in [0.2, 0.25) is 0 Å². The van der Waals surface area contributed by atoms with E-state index < -0.39 is 5.69 Å². The van der Waals surface area contributed by atoms with Gasteiger partial charge in [-0.25, -0.2) is 24.7 Å². The van der Waals surface area contributed by atoms with Crippen molar-refractivity contribution in [2.24, 2.45) is 0 Å². The van der Waals surface area contributed by atoms with E-state index in [9.17, 15) is 4.79 Å². The van der Waals surface area contributed by atoms with Gasteiger partial charge in [0.1, 0.15) is 23.2 Å². The largest absolute Gasteiger partial charge is 0.383 e. The topological polar surface area (TPSA) is 181 Å². The lowest BCUT2D eigenvalue weighted by Crippen LogP contribution is -2.12. The van der Waals surface area contributed by atoms with Crippen LogP contribution in [0.5, 0.6) is 0 Å². The molecule has 4 aromatic rings. The number of nitrogens with zero attached hydrogens (tertiary/aromatic N) is 5. The Morgan fingerprint density at radius 1 is 0.905 bits per heavy atom. The zero-order valence-electron chi connectivity index (χ0n) is 10.5. The number of nitrogens with one attached hydrogen (secondary N) is 3. The van der Waals surface area contributed by atoms with Crippen molar-refractivity contribution < 1.29 is 0 Å². The van der Waals surface area contributed by atoms with Crippen molar-refractivity contribution in [1.29, 1.82) is 0 Å². The summed E-state index contributed by atoms with van der Waals surface area (Å²) in [6.07, 6.45) is 4.36. The quantitative estimate of drug-likeness (QED) is 0.277. The van der Waals surface area contributed by atoms with Crippen LogP contribution in [0.3, 0.4) is 0 Å². The molecular weight excluding hydrogens is 276 g/mol. The molecule has 0 saturated carbocycles. The van der Waals surface area contributed by atoms with Gasteiger partial charge in [-0.3, -0.25) is 4.98 Å². The third-order valence-electron chi connectivity index (χ3n) is 2.59.